The van der Waals surface area contributed by atoms with Crippen LogP contribution in [0.4, 0.5) is 11.5 Å². The van der Waals surface area contributed by atoms with Gasteiger partial charge >= 0.3 is 0 Å². The first-order valence-corrected chi connectivity index (χ1v) is 7.68. The van der Waals surface area contributed by atoms with Crippen molar-refractivity contribution in [2.45, 2.75) is 6.42 Å². The number of benzene rings is 1. The van der Waals surface area contributed by atoms with Gasteiger partial charge in [0, 0.05) is 36.0 Å². The number of hydrogen-bond acceptors (Lipinski definition) is 5. The molecule has 0 aliphatic rings. The van der Waals surface area contributed by atoms with E-state index in [4.69, 9.17) is 27.9 Å². The number of hydrogen-bond donors (Lipinski definition) is 2. The van der Waals surface area contributed by atoms with Crippen molar-refractivity contribution in [3.63, 3.8) is 0 Å². The Kier molecular flexibility index (Phi) is 6.58. The van der Waals surface area contributed by atoms with Crippen molar-refractivity contribution in [1.29, 1.82) is 0 Å². The first-order valence-electron chi connectivity index (χ1n) is 6.92. The summed E-state index contributed by atoms with van der Waals surface area (Å²) in [6.45, 7) is 1.39. The third-order valence-electron chi connectivity index (χ3n) is 2.85. The van der Waals surface area contributed by atoms with Crippen molar-refractivity contribution in [2.24, 2.45) is 0 Å². The highest BCUT2D eigenvalue weighted by molar-refractivity contribution is 6.35. The standard InChI is InChI=1S/C15H16Cl2N4O2/c1-23-6-2-5-18-14-4-3-13(20-21-14)15(22)19-12-8-10(16)7-11(17)9-12/h3-4,7-9H,2,5-6H2,1H3,(H,18,21)(H,19,22). The van der Waals surface area contributed by atoms with Crippen LogP contribution in [-0.4, -0.2) is 36.4 Å². The Hall–Kier alpha value is -1.89. The van der Waals surface area contributed by atoms with E-state index in [9.17, 15) is 4.79 Å². The predicted octanol–water partition coefficient (Wildman–Crippen LogP) is 3.48. The Balaban J connectivity index is 1.94. The Labute approximate surface area is 144 Å². The molecule has 0 spiro atoms. The molecule has 2 aromatic rings. The van der Waals surface area contributed by atoms with E-state index >= 15 is 0 Å². The van der Waals surface area contributed by atoms with E-state index < -0.39 is 0 Å². The van der Waals surface area contributed by atoms with Gasteiger partial charge in [0.15, 0.2) is 5.69 Å². The van der Waals surface area contributed by atoms with Gasteiger partial charge in [-0.3, -0.25) is 4.79 Å². The topological polar surface area (TPSA) is 76.1 Å². The highest BCUT2D eigenvalue weighted by Crippen LogP contribution is 2.22. The van der Waals surface area contributed by atoms with Gasteiger partial charge in [0.2, 0.25) is 0 Å². The number of anilines is 2. The van der Waals surface area contributed by atoms with Gasteiger partial charge < -0.3 is 15.4 Å². The number of halogens is 2. The summed E-state index contributed by atoms with van der Waals surface area (Å²) in [6.07, 6.45) is 0.857. The smallest absolute Gasteiger partial charge is 0.276 e. The van der Waals surface area contributed by atoms with Crippen LogP contribution < -0.4 is 10.6 Å². The van der Waals surface area contributed by atoms with E-state index in [1.165, 1.54) is 0 Å². The molecular formula is C15H16Cl2N4O2. The molecule has 0 saturated heterocycles. The molecule has 2 rings (SSSR count). The normalized spacial score (nSPS) is 10.4. The fourth-order valence-corrected chi connectivity index (χ4v) is 2.33. The summed E-state index contributed by atoms with van der Waals surface area (Å²) >= 11 is 11.8. The van der Waals surface area contributed by atoms with Crippen LogP contribution in [0.1, 0.15) is 16.9 Å². The van der Waals surface area contributed by atoms with Gasteiger partial charge in [-0.25, -0.2) is 0 Å². The molecule has 1 amide bonds. The maximum Gasteiger partial charge on any atom is 0.276 e. The van der Waals surface area contributed by atoms with Crippen molar-refractivity contribution in [3.8, 4) is 0 Å². The molecule has 0 atom stereocenters. The quantitative estimate of drug-likeness (QED) is 0.744. The SMILES string of the molecule is COCCCNc1ccc(C(=O)Nc2cc(Cl)cc(Cl)c2)nn1. The molecule has 0 unspecified atom stereocenters. The number of carbonyl (C=O) groups excluding carboxylic acids is 1. The summed E-state index contributed by atoms with van der Waals surface area (Å²) in [6, 6.07) is 8.07. The fourth-order valence-electron chi connectivity index (χ4n) is 1.80. The van der Waals surface area contributed by atoms with Gasteiger partial charge in [0.05, 0.1) is 0 Å². The zero-order valence-corrected chi connectivity index (χ0v) is 14.0. The van der Waals surface area contributed by atoms with Crippen LogP contribution in [0.2, 0.25) is 10.0 Å². The Morgan fingerprint density at radius 2 is 1.91 bits per heavy atom. The largest absolute Gasteiger partial charge is 0.385 e. The number of methoxy groups -OCH3 is 1. The average Bonchev–Trinajstić information content (AvgIpc) is 2.51. The lowest BCUT2D eigenvalue weighted by atomic mass is 10.3. The van der Waals surface area contributed by atoms with E-state index in [0.29, 0.717) is 28.2 Å². The fraction of sp³-hybridized carbons (Fsp3) is 0.267. The van der Waals surface area contributed by atoms with Crippen LogP contribution in [0.5, 0.6) is 0 Å². The third kappa shape index (κ3) is 5.67. The molecule has 0 fully saturated rings. The third-order valence-corrected chi connectivity index (χ3v) is 3.29. The molecule has 0 saturated carbocycles. The van der Waals surface area contributed by atoms with Gasteiger partial charge in [0.25, 0.3) is 5.91 Å². The van der Waals surface area contributed by atoms with E-state index in [-0.39, 0.29) is 11.6 Å². The number of nitrogens with one attached hydrogen (secondary N) is 2. The molecule has 0 aliphatic heterocycles. The zero-order valence-electron chi connectivity index (χ0n) is 12.5. The lowest BCUT2D eigenvalue weighted by Crippen LogP contribution is -2.15. The predicted molar refractivity (Wildman–Crippen MR) is 91.4 cm³/mol. The van der Waals surface area contributed by atoms with Crippen LogP contribution in [-0.2, 0) is 4.74 Å². The van der Waals surface area contributed by atoms with Crippen molar-refractivity contribution >= 4 is 40.6 Å². The number of rotatable bonds is 7. The Morgan fingerprint density at radius 3 is 2.52 bits per heavy atom. The van der Waals surface area contributed by atoms with Crippen LogP contribution in [0.25, 0.3) is 0 Å². The van der Waals surface area contributed by atoms with Crippen LogP contribution in [0.3, 0.4) is 0 Å². The average molecular weight is 355 g/mol. The molecule has 122 valence electrons. The highest BCUT2D eigenvalue weighted by atomic mass is 35.5. The molecule has 0 radical (unpaired) electrons. The summed E-state index contributed by atoms with van der Waals surface area (Å²) in [5.41, 5.74) is 0.694. The second-order valence-electron chi connectivity index (χ2n) is 4.69. The van der Waals surface area contributed by atoms with Gasteiger partial charge in [0.1, 0.15) is 5.82 Å². The number of carbonyl (C=O) groups is 1. The molecule has 1 aromatic heterocycles. The van der Waals surface area contributed by atoms with Crippen molar-refractivity contribution in [1.82, 2.24) is 10.2 Å². The van der Waals surface area contributed by atoms with E-state index in [0.717, 1.165) is 13.0 Å². The molecule has 2 N–H and O–H groups in total. The Morgan fingerprint density at radius 1 is 1.17 bits per heavy atom. The van der Waals surface area contributed by atoms with Gasteiger partial charge in [-0.15, -0.1) is 10.2 Å². The van der Waals surface area contributed by atoms with Crippen molar-refractivity contribution < 1.29 is 9.53 Å². The highest BCUT2D eigenvalue weighted by Gasteiger charge is 2.09. The van der Waals surface area contributed by atoms with E-state index in [1.54, 1.807) is 37.4 Å². The first-order chi connectivity index (χ1) is 11.1. The lowest BCUT2D eigenvalue weighted by molar-refractivity contribution is 0.102. The van der Waals surface area contributed by atoms with E-state index in [1.807, 2.05) is 0 Å². The van der Waals surface area contributed by atoms with Crippen molar-refractivity contribution in [2.75, 3.05) is 30.9 Å². The second kappa shape index (κ2) is 8.67. The zero-order chi connectivity index (χ0) is 16.7. The number of ether oxygens (including phenoxy) is 1. The van der Waals surface area contributed by atoms with Crippen molar-refractivity contribution in [3.05, 3.63) is 46.1 Å². The molecule has 23 heavy (non-hydrogen) atoms. The monoisotopic (exact) mass is 354 g/mol. The van der Waals surface area contributed by atoms with Crippen LogP contribution >= 0.6 is 23.2 Å². The van der Waals surface area contributed by atoms with Gasteiger partial charge in [-0.05, 0) is 36.8 Å². The minimum Gasteiger partial charge on any atom is -0.385 e. The summed E-state index contributed by atoms with van der Waals surface area (Å²) < 4.78 is 4.96. The summed E-state index contributed by atoms with van der Waals surface area (Å²) in [4.78, 5) is 12.1. The number of nitrogens with zero attached hydrogens (tertiary/aromatic N) is 2. The first kappa shape index (κ1) is 17.5. The lowest BCUT2D eigenvalue weighted by Gasteiger charge is -2.07. The minimum absolute atomic E-state index is 0.198. The molecule has 8 heteroatoms. The number of amides is 1. The summed E-state index contributed by atoms with van der Waals surface area (Å²) in [7, 11) is 1.65. The maximum absolute atomic E-state index is 12.1. The molecule has 1 aromatic carbocycles. The molecule has 6 nitrogen and oxygen atoms in total. The molecule has 1 heterocycles. The van der Waals surface area contributed by atoms with Gasteiger partial charge in [-0.1, -0.05) is 23.2 Å². The Bertz CT molecular complexity index is 645. The molecule has 0 bridgehead atoms. The van der Waals surface area contributed by atoms with E-state index in [2.05, 4.69) is 20.8 Å². The molecular weight excluding hydrogens is 339 g/mol. The van der Waals surface area contributed by atoms with Crippen LogP contribution in [0, 0.1) is 0 Å². The van der Waals surface area contributed by atoms with Gasteiger partial charge in [-0.2, -0.15) is 0 Å². The minimum atomic E-state index is -0.387. The number of aromatic nitrogens is 2. The molecule has 0 aliphatic carbocycles. The summed E-state index contributed by atoms with van der Waals surface area (Å²) in [5, 5.41) is 14.5. The summed E-state index contributed by atoms with van der Waals surface area (Å²) in [5.74, 6) is 0.213. The maximum atomic E-state index is 12.1. The second-order valence-corrected chi connectivity index (χ2v) is 5.56. The van der Waals surface area contributed by atoms with Crippen LogP contribution in [0.15, 0.2) is 30.3 Å².